The van der Waals surface area contributed by atoms with Crippen LogP contribution in [-0.4, -0.2) is 31.1 Å². The molecule has 1 fully saturated rings. The Morgan fingerprint density at radius 2 is 1.82 bits per heavy atom. The molecule has 3 rings (SSSR count). The van der Waals surface area contributed by atoms with Gasteiger partial charge in [0.15, 0.2) is 0 Å². The third-order valence-corrected chi connectivity index (χ3v) is 4.20. The molecule has 1 aliphatic carbocycles. The molecule has 0 amide bonds. The third-order valence-electron chi connectivity index (χ3n) is 4.20. The Labute approximate surface area is 105 Å². The first-order chi connectivity index (χ1) is 8.21. The van der Waals surface area contributed by atoms with Crippen LogP contribution in [0.25, 0.3) is 0 Å². The number of fused-ring (bicyclic) bond motifs is 2. The van der Waals surface area contributed by atoms with Gasteiger partial charge in [-0.15, -0.1) is 0 Å². The van der Waals surface area contributed by atoms with Crippen molar-refractivity contribution in [2.24, 2.45) is 5.73 Å². The molecular weight excluding hydrogens is 208 g/mol. The molecule has 94 valence electrons. The van der Waals surface area contributed by atoms with E-state index in [-0.39, 0.29) is 0 Å². The van der Waals surface area contributed by atoms with E-state index in [4.69, 9.17) is 0 Å². The second-order valence-corrected chi connectivity index (χ2v) is 5.44. The van der Waals surface area contributed by atoms with Gasteiger partial charge in [-0.05, 0) is 44.9 Å². The lowest BCUT2D eigenvalue weighted by Crippen LogP contribution is -2.60. The summed E-state index contributed by atoms with van der Waals surface area (Å²) < 4.78 is 0. The molecule has 2 heteroatoms. The smallest absolute Gasteiger partial charge is 0.0213 e. The zero-order valence-electron chi connectivity index (χ0n) is 11.2. The van der Waals surface area contributed by atoms with Crippen molar-refractivity contribution in [3.8, 4) is 0 Å². The fourth-order valence-corrected chi connectivity index (χ4v) is 3.19. The van der Waals surface area contributed by atoms with Gasteiger partial charge in [-0.2, -0.15) is 0 Å². The lowest BCUT2D eigenvalue weighted by Gasteiger charge is -2.51. The van der Waals surface area contributed by atoms with E-state index in [1.165, 1.54) is 33.0 Å². The van der Waals surface area contributed by atoms with Crippen LogP contribution in [0.1, 0.15) is 31.4 Å². The molecule has 1 spiro atoms. The normalized spacial score (nSPS) is 20.8. The molecule has 0 bridgehead atoms. The number of rotatable bonds is 1. The molecule has 1 aliphatic heterocycles. The predicted molar refractivity (Wildman–Crippen MR) is 73.3 cm³/mol. The van der Waals surface area contributed by atoms with E-state index in [0.29, 0.717) is 11.5 Å². The molecular formula is C15H24N2. The highest BCUT2D eigenvalue weighted by atomic mass is 15.2. The largest absolute Gasteiger partial charge is 0.333 e. The zero-order valence-corrected chi connectivity index (χ0v) is 11.2. The van der Waals surface area contributed by atoms with E-state index in [0.717, 1.165) is 0 Å². The summed E-state index contributed by atoms with van der Waals surface area (Å²) in [4.78, 5) is 2.59. The van der Waals surface area contributed by atoms with Crippen LogP contribution >= 0.6 is 0 Å². The van der Waals surface area contributed by atoms with Crippen molar-refractivity contribution in [2.75, 3.05) is 20.1 Å². The van der Waals surface area contributed by atoms with E-state index in [2.05, 4.69) is 48.7 Å². The zero-order chi connectivity index (χ0) is 12.5. The summed E-state index contributed by atoms with van der Waals surface area (Å²) in [7, 11) is 1.50. The highest BCUT2D eigenvalue weighted by Gasteiger charge is 2.48. The molecule has 1 saturated heterocycles. The molecule has 0 atom stereocenters. The molecule has 2 aliphatic rings. The van der Waals surface area contributed by atoms with Crippen LogP contribution in [-0.2, 0) is 11.8 Å². The fourth-order valence-electron chi connectivity index (χ4n) is 3.19. The van der Waals surface area contributed by atoms with Gasteiger partial charge in [0, 0.05) is 24.5 Å². The summed E-state index contributed by atoms with van der Waals surface area (Å²) in [6, 6.07) is 9.74. The van der Waals surface area contributed by atoms with Crippen molar-refractivity contribution in [3.63, 3.8) is 0 Å². The summed E-state index contributed by atoms with van der Waals surface area (Å²) >= 11 is 0. The minimum Gasteiger partial charge on any atom is -0.333 e. The Kier molecular flexibility index (Phi) is 3.55. The Hall–Kier alpha value is -0.860. The number of likely N-dealkylation sites (tertiary alicyclic amines) is 1. The third kappa shape index (κ3) is 2.00. The van der Waals surface area contributed by atoms with E-state index < -0.39 is 0 Å². The molecule has 17 heavy (non-hydrogen) atoms. The summed E-state index contributed by atoms with van der Waals surface area (Å²) in [5.41, 5.74) is 8.27. The molecule has 1 aromatic rings. The monoisotopic (exact) mass is 232 g/mol. The molecule has 0 aromatic heterocycles. The Morgan fingerprint density at radius 3 is 2.47 bits per heavy atom. The van der Waals surface area contributed by atoms with Gasteiger partial charge in [-0.25, -0.2) is 0 Å². The maximum absolute atomic E-state index is 4.50. The van der Waals surface area contributed by atoms with Crippen molar-refractivity contribution < 1.29 is 0 Å². The van der Waals surface area contributed by atoms with Gasteiger partial charge in [0.2, 0.25) is 0 Å². The fraction of sp³-hybridized carbons (Fsp3) is 0.600. The van der Waals surface area contributed by atoms with Crippen LogP contribution in [0.5, 0.6) is 0 Å². The predicted octanol–water partition coefficient (Wildman–Crippen LogP) is 2.17. The molecule has 1 aromatic carbocycles. The number of hydrogen-bond donors (Lipinski definition) is 1. The Morgan fingerprint density at radius 1 is 1.18 bits per heavy atom. The number of aryl methyl sites for hydroxylation is 1. The van der Waals surface area contributed by atoms with Gasteiger partial charge in [-0.3, -0.25) is 4.90 Å². The average molecular weight is 232 g/mol. The Bertz CT molecular complexity index is 378. The lowest BCUT2D eigenvalue weighted by molar-refractivity contribution is 0.0373. The average Bonchev–Trinajstić information content (AvgIpc) is 2.69. The van der Waals surface area contributed by atoms with Crippen molar-refractivity contribution in [1.29, 1.82) is 0 Å². The first kappa shape index (κ1) is 12.6. The SMILES string of the molecule is CC(C)N1CC2(CCc3ccccc32)C1.CN. The van der Waals surface area contributed by atoms with Crippen LogP contribution in [0.2, 0.25) is 0 Å². The van der Waals surface area contributed by atoms with Gasteiger partial charge >= 0.3 is 0 Å². The quantitative estimate of drug-likeness (QED) is 0.804. The second-order valence-electron chi connectivity index (χ2n) is 5.44. The molecule has 0 radical (unpaired) electrons. The standard InChI is InChI=1S/C14H19N.CH5N/c1-11(2)15-9-14(10-15)8-7-12-5-3-4-6-13(12)14;1-2/h3-6,11H,7-10H2,1-2H3;2H2,1H3. The lowest BCUT2D eigenvalue weighted by atomic mass is 9.74. The highest BCUT2D eigenvalue weighted by Crippen LogP contribution is 2.45. The summed E-state index contributed by atoms with van der Waals surface area (Å²) in [5.74, 6) is 0. The molecule has 1 heterocycles. The summed E-state index contributed by atoms with van der Waals surface area (Å²) in [6.07, 6.45) is 2.66. The Balaban J connectivity index is 0.000000514. The van der Waals surface area contributed by atoms with Crippen LogP contribution in [0, 0.1) is 0 Å². The van der Waals surface area contributed by atoms with E-state index in [1.54, 1.807) is 11.1 Å². The molecule has 0 unspecified atom stereocenters. The van der Waals surface area contributed by atoms with Gasteiger partial charge in [0.05, 0.1) is 0 Å². The summed E-state index contributed by atoms with van der Waals surface area (Å²) in [5, 5.41) is 0. The van der Waals surface area contributed by atoms with Crippen LogP contribution in [0.4, 0.5) is 0 Å². The van der Waals surface area contributed by atoms with Crippen LogP contribution in [0.3, 0.4) is 0 Å². The van der Waals surface area contributed by atoms with Gasteiger partial charge in [0.1, 0.15) is 0 Å². The van der Waals surface area contributed by atoms with Crippen LogP contribution in [0.15, 0.2) is 24.3 Å². The van der Waals surface area contributed by atoms with E-state index in [9.17, 15) is 0 Å². The van der Waals surface area contributed by atoms with Gasteiger partial charge in [0.25, 0.3) is 0 Å². The maximum atomic E-state index is 4.50. The number of nitrogens with zero attached hydrogens (tertiary/aromatic N) is 1. The minimum absolute atomic E-state index is 0.529. The van der Waals surface area contributed by atoms with Crippen molar-refractivity contribution in [3.05, 3.63) is 35.4 Å². The number of hydrogen-bond acceptors (Lipinski definition) is 2. The van der Waals surface area contributed by atoms with Crippen molar-refractivity contribution in [1.82, 2.24) is 4.90 Å². The minimum atomic E-state index is 0.529. The number of nitrogens with two attached hydrogens (primary N) is 1. The van der Waals surface area contributed by atoms with Crippen molar-refractivity contribution >= 4 is 0 Å². The molecule has 2 N–H and O–H groups in total. The van der Waals surface area contributed by atoms with Crippen LogP contribution < -0.4 is 5.73 Å². The van der Waals surface area contributed by atoms with Gasteiger partial charge < -0.3 is 5.73 Å². The van der Waals surface area contributed by atoms with E-state index in [1.807, 2.05) is 0 Å². The van der Waals surface area contributed by atoms with Gasteiger partial charge in [-0.1, -0.05) is 24.3 Å². The molecule has 0 saturated carbocycles. The first-order valence-corrected chi connectivity index (χ1v) is 6.61. The number of benzene rings is 1. The first-order valence-electron chi connectivity index (χ1n) is 6.61. The highest BCUT2D eigenvalue weighted by molar-refractivity contribution is 5.42. The molecule has 2 nitrogen and oxygen atoms in total. The summed E-state index contributed by atoms with van der Waals surface area (Å²) in [6.45, 7) is 7.16. The topological polar surface area (TPSA) is 29.3 Å². The van der Waals surface area contributed by atoms with Crippen molar-refractivity contribution in [2.45, 2.75) is 38.1 Å². The van der Waals surface area contributed by atoms with E-state index >= 15 is 0 Å². The maximum Gasteiger partial charge on any atom is 0.0213 e. The second kappa shape index (κ2) is 4.79.